The summed E-state index contributed by atoms with van der Waals surface area (Å²) in [4.78, 5) is 0. The van der Waals surface area contributed by atoms with E-state index in [0.717, 1.165) is 6.42 Å². The Bertz CT molecular complexity index is 36.5. The second-order valence-corrected chi connectivity index (χ2v) is 2.38. The molecule has 0 heterocycles. The van der Waals surface area contributed by atoms with Gasteiger partial charge in [-0.05, 0) is 18.4 Å². The number of hydrogen-bond acceptors (Lipinski definition) is 1. The summed E-state index contributed by atoms with van der Waals surface area (Å²) in [5, 5.41) is 0. The van der Waals surface area contributed by atoms with Crippen molar-refractivity contribution >= 4 is 26.4 Å². The summed E-state index contributed by atoms with van der Waals surface area (Å²) in [6.45, 7) is 0. The molecular formula is C4H9PS. The van der Waals surface area contributed by atoms with Crippen LogP contribution in [0.5, 0.6) is 0 Å². The standard InChI is InChI=1S/C4H9PS/c1-6-4-2-3-5/h3,5H,2,4H2,1H3. The third-order valence-electron chi connectivity index (χ3n) is 0.466. The van der Waals surface area contributed by atoms with Gasteiger partial charge in [0.1, 0.15) is 0 Å². The van der Waals surface area contributed by atoms with Gasteiger partial charge in [0.05, 0.1) is 0 Å². The first kappa shape index (κ1) is 6.52. The van der Waals surface area contributed by atoms with E-state index >= 15 is 0 Å². The number of thioether (sulfide) groups is 1. The molecular weight excluding hydrogens is 111 g/mol. The molecule has 0 rings (SSSR count). The highest BCUT2D eigenvalue weighted by Crippen LogP contribution is 1.91. The van der Waals surface area contributed by atoms with E-state index in [4.69, 9.17) is 0 Å². The highest BCUT2D eigenvalue weighted by atomic mass is 32.2. The first-order chi connectivity index (χ1) is 2.91. The summed E-state index contributed by atoms with van der Waals surface area (Å²) in [6.07, 6.45) is 3.27. The summed E-state index contributed by atoms with van der Waals surface area (Å²) in [6, 6.07) is 0. The van der Waals surface area contributed by atoms with Crippen molar-refractivity contribution in [3.8, 4) is 0 Å². The number of hydrogen-bond donors (Lipinski definition) is 0. The fraction of sp³-hybridized carbons (Fsp3) is 0.750. The van der Waals surface area contributed by atoms with Gasteiger partial charge in [-0.3, -0.25) is 0 Å². The van der Waals surface area contributed by atoms with E-state index in [1.165, 1.54) is 5.75 Å². The van der Waals surface area contributed by atoms with Crippen LogP contribution in [0.3, 0.4) is 0 Å². The average Bonchev–Trinajstić information content (AvgIpc) is 1.61. The molecule has 0 amide bonds. The predicted octanol–water partition coefficient (Wildman–Crippen LogP) is 1.68. The van der Waals surface area contributed by atoms with Crippen LogP contribution < -0.4 is 0 Å². The molecule has 0 atom stereocenters. The SMILES string of the molecule is CSCCC=P. The van der Waals surface area contributed by atoms with Crippen molar-refractivity contribution in [2.75, 3.05) is 12.0 Å². The van der Waals surface area contributed by atoms with Crippen molar-refractivity contribution in [2.45, 2.75) is 6.42 Å². The predicted molar refractivity (Wildman–Crippen MR) is 37.4 cm³/mol. The largest absolute Gasteiger partial charge is 0.165 e. The molecule has 0 N–H and O–H groups in total. The molecule has 0 aliphatic heterocycles. The van der Waals surface area contributed by atoms with Gasteiger partial charge < -0.3 is 0 Å². The third-order valence-corrected chi connectivity index (χ3v) is 1.40. The molecule has 2 heteroatoms. The van der Waals surface area contributed by atoms with Gasteiger partial charge in [0.15, 0.2) is 0 Å². The minimum Gasteiger partial charge on any atom is -0.165 e. The minimum atomic E-state index is 1.16. The van der Waals surface area contributed by atoms with E-state index in [2.05, 4.69) is 15.1 Å². The van der Waals surface area contributed by atoms with Crippen molar-refractivity contribution < 1.29 is 0 Å². The van der Waals surface area contributed by atoms with Crippen LogP contribution in [0.4, 0.5) is 0 Å². The molecule has 6 heavy (non-hydrogen) atoms. The van der Waals surface area contributed by atoms with Gasteiger partial charge in [-0.25, -0.2) is 0 Å². The zero-order chi connectivity index (χ0) is 4.83. The Morgan fingerprint density at radius 1 is 1.83 bits per heavy atom. The lowest BCUT2D eigenvalue weighted by atomic mass is 10.6. The van der Waals surface area contributed by atoms with Crippen LogP contribution in [-0.4, -0.2) is 17.8 Å². The zero-order valence-electron chi connectivity index (χ0n) is 3.90. The number of rotatable bonds is 3. The molecule has 0 fully saturated rings. The van der Waals surface area contributed by atoms with Crippen molar-refractivity contribution in [3.63, 3.8) is 0 Å². The molecule has 0 aromatic heterocycles. The van der Waals surface area contributed by atoms with E-state index in [1.54, 1.807) is 0 Å². The van der Waals surface area contributed by atoms with Gasteiger partial charge >= 0.3 is 0 Å². The molecule has 36 valence electrons. The van der Waals surface area contributed by atoms with Gasteiger partial charge in [0.2, 0.25) is 0 Å². The lowest BCUT2D eigenvalue weighted by Gasteiger charge is -1.82. The molecule has 0 bridgehead atoms. The molecule has 0 aromatic carbocycles. The fourth-order valence-electron chi connectivity index (χ4n) is 0.177. The van der Waals surface area contributed by atoms with E-state index in [9.17, 15) is 0 Å². The second-order valence-electron chi connectivity index (χ2n) is 0.986. The van der Waals surface area contributed by atoms with Crippen LogP contribution in [0.15, 0.2) is 0 Å². The Morgan fingerprint density at radius 2 is 2.50 bits per heavy atom. The highest BCUT2D eigenvalue weighted by molar-refractivity contribution is 7.98. The lowest BCUT2D eigenvalue weighted by molar-refractivity contribution is 1.38. The first-order valence-electron chi connectivity index (χ1n) is 1.89. The van der Waals surface area contributed by atoms with E-state index in [1.807, 2.05) is 17.6 Å². The summed E-state index contributed by atoms with van der Waals surface area (Å²) < 4.78 is 0. The summed E-state index contributed by atoms with van der Waals surface area (Å²) >= 11 is 1.86. The van der Waals surface area contributed by atoms with Gasteiger partial charge in [-0.1, -0.05) is 5.80 Å². The van der Waals surface area contributed by atoms with Crippen molar-refractivity contribution in [2.24, 2.45) is 0 Å². The van der Waals surface area contributed by atoms with Gasteiger partial charge in [0, 0.05) is 0 Å². The van der Waals surface area contributed by atoms with Crippen molar-refractivity contribution in [1.29, 1.82) is 0 Å². The van der Waals surface area contributed by atoms with Gasteiger partial charge in [-0.15, -0.1) is 8.86 Å². The minimum absolute atomic E-state index is 1.16. The maximum atomic E-state index is 3.25. The Morgan fingerprint density at radius 3 is 2.67 bits per heavy atom. The van der Waals surface area contributed by atoms with Gasteiger partial charge in [-0.2, -0.15) is 11.8 Å². The Labute approximate surface area is 45.5 Å². The van der Waals surface area contributed by atoms with Gasteiger partial charge in [0.25, 0.3) is 0 Å². The zero-order valence-corrected chi connectivity index (χ0v) is 5.72. The molecule has 0 unspecified atom stereocenters. The molecule has 0 radical (unpaired) electrons. The summed E-state index contributed by atoms with van der Waals surface area (Å²) in [5.41, 5.74) is 0. The molecule has 0 aliphatic carbocycles. The maximum Gasteiger partial charge on any atom is -0.00324 e. The van der Waals surface area contributed by atoms with Crippen molar-refractivity contribution in [3.05, 3.63) is 0 Å². The smallest absolute Gasteiger partial charge is 0.00324 e. The summed E-state index contributed by atoms with van der Waals surface area (Å²) in [5.74, 6) is 3.22. The molecule has 0 spiro atoms. The van der Waals surface area contributed by atoms with E-state index in [0.29, 0.717) is 0 Å². The lowest BCUT2D eigenvalue weighted by Crippen LogP contribution is -1.72. The third kappa shape index (κ3) is 4.52. The average molecular weight is 120 g/mol. The van der Waals surface area contributed by atoms with Crippen LogP contribution >= 0.6 is 20.6 Å². The molecule has 0 saturated carbocycles. The fourth-order valence-corrected chi connectivity index (χ4v) is 0.884. The van der Waals surface area contributed by atoms with Crippen LogP contribution in [0.25, 0.3) is 0 Å². The normalized spacial score (nSPS) is 8.17. The van der Waals surface area contributed by atoms with E-state index in [-0.39, 0.29) is 0 Å². The molecule has 0 aromatic rings. The highest BCUT2D eigenvalue weighted by Gasteiger charge is 1.71. The topological polar surface area (TPSA) is 0 Å². The first-order valence-corrected chi connectivity index (χ1v) is 3.87. The van der Waals surface area contributed by atoms with E-state index < -0.39 is 0 Å². The van der Waals surface area contributed by atoms with Crippen LogP contribution in [-0.2, 0) is 0 Å². The maximum absolute atomic E-state index is 3.25. The van der Waals surface area contributed by atoms with Crippen LogP contribution in [0.2, 0.25) is 0 Å². The van der Waals surface area contributed by atoms with Crippen molar-refractivity contribution in [1.82, 2.24) is 0 Å². The van der Waals surface area contributed by atoms with Crippen LogP contribution in [0.1, 0.15) is 6.42 Å². The summed E-state index contributed by atoms with van der Waals surface area (Å²) in [7, 11) is 3.25. The Balaban J connectivity index is 2.49. The van der Waals surface area contributed by atoms with Crippen LogP contribution in [0, 0.1) is 0 Å². The molecule has 0 saturated heterocycles. The Kier molecular flexibility index (Phi) is 6.00. The molecule has 0 nitrogen and oxygen atoms in total. The monoisotopic (exact) mass is 120 g/mol. The second kappa shape index (κ2) is 5.52. The molecule has 0 aliphatic rings. The Hall–Kier alpha value is 0.520. The quantitative estimate of drug-likeness (QED) is 0.403.